The van der Waals surface area contributed by atoms with Crippen molar-refractivity contribution >= 4 is 25.7 Å². The van der Waals surface area contributed by atoms with Gasteiger partial charge >= 0.3 is 6.18 Å². The van der Waals surface area contributed by atoms with Gasteiger partial charge in [-0.1, -0.05) is 6.07 Å². The number of anilines is 1. The molecule has 2 N–H and O–H groups in total. The molecule has 2 aromatic carbocycles. The van der Waals surface area contributed by atoms with Gasteiger partial charge in [0.05, 0.1) is 21.0 Å². The van der Waals surface area contributed by atoms with Crippen LogP contribution in [-0.2, 0) is 32.6 Å². The number of sulfonamides is 2. The number of rotatable bonds is 3. The second-order valence-corrected chi connectivity index (χ2v) is 9.59. The molecular formula is C16H15F3N2O4S2. The fourth-order valence-electron chi connectivity index (χ4n) is 3.07. The van der Waals surface area contributed by atoms with E-state index in [2.05, 4.69) is 0 Å². The molecule has 0 unspecified atom stereocenters. The van der Waals surface area contributed by atoms with Gasteiger partial charge in [-0.3, -0.25) is 4.31 Å². The quantitative estimate of drug-likeness (QED) is 0.825. The van der Waals surface area contributed by atoms with Crippen molar-refractivity contribution in [3.8, 4) is 0 Å². The first kappa shape index (κ1) is 19.6. The summed E-state index contributed by atoms with van der Waals surface area (Å²) < 4.78 is 88.7. The topological polar surface area (TPSA) is 97.5 Å². The minimum absolute atomic E-state index is 0.160. The number of benzene rings is 2. The van der Waals surface area contributed by atoms with Gasteiger partial charge in [-0.2, -0.15) is 13.2 Å². The standard InChI is InChI=1S/C16H15F3N2O4S2/c1-10-7-11-8-13(26(20,22)23)5-6-15(11)21(10)27(24,25)14-4-2-3-12(9-14)16(17,18)19/h2-6,8-10H,7H2,1H3,(H2,20,22,23)/t10-/m0/s1. The van der Waals surface area contributed by atoms with Crippen LogP contribution < -0.4 is 9.44 Å². The summed E-state index contributed by atoms with van der Waals surface area (Å²) in [6.45, 7) is 1.59. The lowest BCUT2D eigenvalue weighted by atomic mass is 10.1. The van der Waals surface area contributed by atoms with Crippen molar-refractivity contribution in [1.82, 2.24) is 0 Å². The monoisotopic (exact) mass is 420 g/mol. The van der Waals surface area contributed by atoms with E-state index in [1.54, 1.807) is 6.92 Å². The van der Waals surface area contributed by atoms with Crippen molar-refractivity contribution in [1.29, 1.82) is 0 Å². The summed E-state index contributed by atoms with van der Waals surface area (Å²) in [6, 6.07) is 6.63. The van der Waals surface area contributed by atoms with E-state index in [0.29, 0.717) is 11.6 Å². The SMILES string of the molecule is C[C@H]1Cc2cc(S(N)(=O)=O)ccc2N1S(=O)(=O)c1cccc(C(F)(F)F)c1. The number of hydrogen-bond acceptors (Lipinski definition) is 4. The van der Waals surface area contributed by atoms with E-state index >= 15 is 0 Å². The summed E-state index contributed by atoms with van der Waals surface area (Å²) in [5, 5.41) is 5.09. The van der Waals surface area contributed by atoms with Crippen LogP contribution in [0.3, 0.4) is 0 Å². The largest absolute Gasteiger partial charge is 0.416 e. The normalized spacial score (nSPS) is 17.8. The maximum Gasteiger partial charge on any atom is 0.416 e. The Morgan fingerprint density at radius 3 is 2.30 bits per heavy atom. The molecule has 1 atom stereocenters. The average Bonchev–Trinajstić information content (AvgIpc) is 2.88. The summed E-state index contributed by atoms with van der Waals surface area (Å²) in [4.78, 5) is -0.653. The fourth-order valence-corrected chi connectivity index (χ4v) is 5.37. The average molecular weight is 420 g/mol. The molecule has 3 rings (SSSR count). The number of primary sulfonamides is 1. The Hall–Kier alpha value is -2.11. The number of fused-ring (bicyclic) bond motifs is 1. The molecule has 27 heavy (non-hydrogen) atoms. The highest BCUT2D eigenvalue weighted by Crippen LogP contribution is 2.39. The number of nitrogens with two attached hydrogens (primary N) is 1. The zero-order chi connectivity index (χ0) is 20.2. The number of alkyl halides is 3. The molecule has 0 saturated carbocycles. The van der Waals surface area contributed by atoms with E-state index in [-0.39, 0.29) is 17.0 Å². The molecule has 0 aliphatic carbocycles. The van der Waals surface area contributed by atoms with Gasteiger partial charge in [0.2, 0.25) is 10.0 Å². The van der Waals surface area contributed by atoms with Gasteiger partial charge in [-0.05, 0) is 55.3 Å². The minimum Gasteiger partial charge on any atom is -0.263 e. The Morgan fingerprint density at radius 2 is 1.70 bits per heavy atom. The predicted octanol–water partition coefficient (Wildman–Crippen LogP) is 2.49. The third-order valence-electron chi connectivity index (χ3n) is 4.25. The van der Waals surface area contributed by atoms with Crippen molar-refractivity contribution in [2.24, 2.45) is 5.14 Å². The van der Waals surface area contributed by atoms with Gasteiger partial charge in [0.15, 0.2) is 0 Å². The highest BCUT2D eigenvalue weighted by molar-refractivity contribution is 7.93. The van der Waals surface area contributed by atoms with Crippen molar-refractivity contribution in [3.63, 3.8) is 0 Å². The van der Waals surface area contributed by atoms with Gasteiger partial charge in [-0.25, -0.2) is 22.0 Å². The van der Waals surface area contributed by atoms with Gasteiger partial charge in [0, 0.05) is 6.04 Å². The van der Waals surface area contributed by atoms with Crippen LogP contribution in [0.5, 0.6) is 0 Å². The second-order valence-electron chi connectivity index (χ2n) is 6.22. The first-order chi connectivity index (χ1) is 12.3. The number of nitrogens with zero attached hydrogens (tertiary/aromatic N) is 1. The summed E-state index contributed by atoms with van der Waals surface area (Å²) in [7, 11) is -8.24. The molecule has 1 heterocycles. The zero-order valence-electron chi connectivity index (χ0n) is 13.9. The molecule has 0 aromatic heterocycles. The molecule has 0 fully saturated rings. The highest BCUT2D eigenvalue weighted by Gasteiger charge is 2.38. The molecule has 0 radical (unpaired) electrons. The lowest BCUT2D eigenvalue weighted by Crippen LogP contribution is -2.35. The first-order valence-electron chi connectivity index (χ1n) is 7.69. The molecule has 6 nitrogen and oxygen atoms in total. The van der Waals surface area contributed by atoms with Crippen LogP contribution >= 0.6 is 0 Å². The van der Waals surface area contributed by atoms with Crippen LogP contribution in [0.25, 0.3) is 0 Å². The van der Waals surface area contributed by atoms with E-state index in [1.165, 1.54) is 18.2 Å². The lowest BCUT2D eigenvalue weighted by Gasteiger charge is -2.25. The zero-order valence-corrected chi connectivity index (χ0v) is 15.6. The van der Waals surface area contributed by atoms with Crippen LogP contribution in [0.4, 0.5) is 18.9 Å². The predicted molar refractivity (Wildman–Crippen MR) is 92.1 cm³/mol. The van der Waals surface area contributed by atoms with Gasteiger partial charge in [-0.15, -0.1) is 0 Å². The molecule has 11 heteroatoms. The Morgan fingerprint density at radius 1 is 1.04 bits per heavy atom. The van der Waals surface area contributed by atoms with E-state index < -0.39 is 42.7 Å². The van der Waals surface area contributed by atoms with Crippen LogP contribution in [-0.4, -0.2) is 22.9 Å². The van der Waals surface area contributed by atoms with Crippen molar-refractivity contribution in [3.05, 3.63) is 53.6 Å². The summed E-state index contributed by atoms with van der Waals surface area (Å²) in [6.07, 6.45) is -4.47. The Kier molecular flexibility index (Phi) is 4.52. The molecule has 0 spiro atoms. The summed E-state index contributed by atoms with van der Waals surface area (Å²) in [5.41, 5.74) is -0.419. The van der Waals surface area contributed by atoms with Crippen molar-refractivity contribution in [2.45, 2.75) is 35.4 Å². The Labute approximate surface area is 154 Å². The maximum atomic E-state index is 13.0. The van der Waals surface area contributed by atoms with Crippen LogP contribution in [0.15, 0.2) is 52.3 Å². The van der Waals surface area contributed by atoms with Crippen LogP contribution in [0.1, 0.15) is 18.1 Å². The third kappa shape index (κ3) is 3.54. The van der Waals surface area contributed by atoms with Gasteiger partial charge < -0.3 is 0 Å². The molecule has 2 aromatic rings. The fraction of sp³-hybridized carbons (Fsp3) is 0.250. The van der Waals surface area contributed by atoms with Crippen molar-refractivity contribution < 1.29 is 30.0 Å². The summed E-state index contributed by atoms with van der Waals surface area (Å²) in [5.74, 6) is 0. The van der Waals surface area contributed by atoms with E-state index in [4.69, 9.17) is 5.14 Å². The Balaban J connectivity index is 2.10. The lowest BCUT2D eigenvalue weighted by molar-refractivity contribution is -0.137. The molecule has 0 bridgehead atoms. The van der Waals surface area contributed by atoms with Crippen LogP contribution in [0, 0.1) is 0 Å². The van der Waals surface area contributed by atoms with Crippen LogP contribution in [0.2, 0.25) is 0 Å². The highest BCUT2D eigenvalue weighted by atomic mass is 32.2. The second kappa shape index (κ2) is 6.21. The van der Waals surface area contributed by atoms with Gasteiger partial charge in [0.25, 0.3) is 10.0 Å². The summed E-state index contributed by atoms with van der Waals surface area (Å²) >= 11 is 0. The maximum absolute atomic E-state index is 13.0. The third-order valence-corrected chi connectivity index (χ3v) is 7.09. The number of hydrogen-bond donors (Lipinski definition) is 1. The molecule has 146 valence electrons. The molecule has 1 aliphatic heterocycles. The smallest absolute Gasteiger partial charge is 0.263 e. The minimum atomic E-state index is -4.68. The van der Waals surface area contributed by atoms with E-state index in [1.807, 2.05) is 0 Å². The Bertz CT molecular complexity index is 1110. The first-order valence-corrected chi connectivity index (χ1v) is 10.7. The molecule has 0 saturated heterocycles. The van der Waals surface area contributed by atoms with Gasteiger partial charge in [0.1, 0.15) is 0 Å². The van der Waals surface area contributed by atoms with Crippen molar-refractivity contribution in [2.75, 3.05) is 4.31 Å². The molecule has 0 amide bonds. The molecule has 1 aliphatic rings. The van der Waals surface area contributed by atoms with E-state index in [0.717, 1.165) is 22.5 Å². The van der Waals surface area contributed by atoms with E-state index in [9.17, 15) is 30.0 Å². The molecular weight excluding hydrogens is 405 g/mol. The number of halogens is 3.